The van der Waals surface area contributed by atoms with Crippen LogP contribution >= 0.6 is 0 Å². The summed E-state index contributed by atoms with van der Waals surface area (Å²) in [7, 11) is 0. The number of aromatic nitrogens is 2. The lowest BCUT2D eigenvalue weighted by molar-refractivity contribution is 0.309. The Balaban J connectivity index is 1.65. The highest BCUT2D eigenvalue weighted by molar-refractivity contribution is 5.00. The van der Waals surface area contributed by atoms with Crippen LogP contribution in [0.4, 0.5) is 0 Å². The van der Waals surface area contributed by atoms with Crippen molar-refractivity contribution in [3.05, 3.63) is 11.7 Å². The summed E-state index contributed by atoms with van der Waals surface area (Å²) in [6.07, 6.45) is 10.0. The molecule has 3 rings (SSSR count). The molecular formula is C15H25N3O. The lowest BCUT2D eigenvalue weighted by Gasteiger charge is -2.23. The molecule has 1 saturated heterocycles. The Kier molecular flexibility index (Phi) is 4.16. The highest BCUT2D eigenvalue weighted by atomic mass is 16.5. The van der Waals surface area contributed by atoms with Crippen molar-refractivity contribution in [3.63, 3.8) is 0 Å². The summed E-state index contributed by atoms with van der Waals surface area (Å²) in [5.41, 5.74) is 0. The fourth-order valence-electron chi connectivity index (χ4n) is 3.31. The molecule has 1 aliphatic carbocycles. The first-order chi connectivity index (χ1) is 9.33. The van der Waals surface area contributed by atoms with Crippen molar-refractivity contribution in [1.29, 1.82) is 0 Å². The van der Waals surface area contributed by atoms with Crippen LogP contribution in [0.3, 0.4) is 0 Å². The molecule has 1 saturated carbocycles. The van der Waals surface area contributed by atoms with Crippen LogP contribution in [0.25, 0.3) is 0 Å². The maximum Gasteiger partial charge on any atom is 0.243 e. The predicted molar refractivity (Wildman–Crippen MR) is 73.9 cm³/mol. The molecule has 4 nitrogen and oxygen atoms in total. The van der Waals surface area contributed by atoms with Crippen LogP contribution in [0.5, 0.6) is 0 Å². The minimum Gasteiger partial charge on any atom is -0.338 e. The van der Waals surface area contributed by atoms with E-state index in [9.17, 15) is 0 Å². The Labute approximate surface area is 115 Å². The van der Waals surface area contributed by atoms with Crippen LogP contribution < -0.4 is 5.32 Å². The minimum absolute atomic E-state index is 0.284. The summed E-state index contributed by atoms with van der Waals surface area (Å²) in [4.78, 5) is 4.68. The second-order valence-corrected chi connectivity index (χ2v) is 6.30. The fourth-order valence-corrected chi connectivity index (χ4v) is 3.31. The quantitative estimate of drug-likeness (QED) is 0.886. The number of nitrogens with zero attached hydrogens (tertiary/aromatic N) is 2. The highest BCUT2D eigenvalue weighted by Gasteiger charge is 2.26. The van der Waals surface area contributed by atoms with E-state index in [1.807, 2.05) is 0 Å². The Morgan fingerprint density at radius 3 is 2.74 bits per heavy atom. The van der Waals surface area contributed by atoms with Gasteiger partial charge in [-0.2, -0.15) is 4.98 Å². The fraction of sp³-hybridized carbons (Fsp3) is 0.867. The van der Waals surface area contributed by atoms with Gasteiger partial charge in [-0.3, -0.25) is 0 Å². The van der Waals surface area contributed by atoms with Gasteiger partial charge in [0, 0.05) is 5.92 Å². The molecule has 1 N–H and O–H groups in total. The second-order valence-electron chi connectivity index (χ2n) is 6.30. The van der Waals surface area contributed by atoms with Gasteiger partial charge in [-0.1, -0.05) is 37.8 Å². The van der Waals surface area contributed by atoms with E-state index in [1.165, 1.54) is 44.9 Å². The van der Waals surface area contributed by atoms with Crippen LogP contribution in [0.1, 0.15) is 82.0 Å². The molecule has 2 fully saturated rings. The summed E-state index contributed by atoms with van der Waals surface area (Å²) in [6, 6.07) is 0.284. The van der Waals surface area contributed by atoms with Crippen molar-refractivity contribution in [2.75, 3.05) is 6.54 Å². The molecule has 1 aromatic heterocycles. The van der Waals surface area contributed by atoms with Crippen LogP contribution in [0, 0.1) is 5.92 Å². The number of nitrogens with one attached hydrogen (secondary N) is 1. The molecule has 19 heavy (non-hydrogen) atoms. The zero-order valence-corrected chi connectivity index (χ0v) is 11.9. The largest absolute Gasteiger partial charge is 0.338 e. The average Bonchev–Trinajstić information content (AvgIpc) is 2.76. The molecule has 1 atom stereocenters. The predicted octanol–water partition coefficient (Wildman–Crippen LogP) is 3.57. The monoisotopic (exact) mass is 263 g/mol. The molecule has 0 aromatic carbocycles. The summed E-state index contributed by atoms with van der Waals surface area (Å²) >= 11 is 0. The molecule has 2 heterocycles. The van der Waals surface area contributed by atoms with Gasteiger partial charge in [0.05, 0.1) is 6.04 Å². The van der Waals surface area contributed by atoms with Gasteiger partial charge in [0.2, 0.25) is 5.89 Å². The van der Waals surface area contributed by atoms with Crippen molar-refractivity contribution in [2.45, 2.75) is 70.3 Å². The molecule has 1 unspecified atom stereocenters. The van der Waals surface area contributed by atoms with Gasteiger partial charge < -0.3 is 9.84 Å². The average molecular weight is 263 g/mol. The van der Waals surface area contributed by atoms with E-state index in [0.717, 1.165) is 30.6 Å². The number of rotatable bonds is 2. The highest BCUT2D eigenvalue weighted by Crippen LogP contribution is 2.34. The van der Waals surface area contributed by atoms with Gasteiger partial charge in [0.1, 0.15) is 0 Å². The van der Waals surface area contributed by atoms with Gasteiger partial charge in [0.15, 0.2) is 5.82 Å². The van der Waals surface area contributed by atoms with Crippen molar-refractivity contribution in [2.24, 2.45) is 5.92 Å². The zero-order chi connectivity index (χ0) is 13.1. The van der Waals surface area contributed by atoms with Crippen molar-refractivity contribution in [3.8, 4) is 0 Å². The lowest BCUT2D eigenvalue weighted by atomic mass is 9.83. The van der Waals surface area contributed by atoms with E-state index in [0.29, 0.717) is 5.92 Å². The third-order valence-corrected chi connectivity index (χ3v) is 4.70. The second kappa shape index (κ2) is 6.04. The molecule has 0 amide bonds. The summed E-state index contributed by atoms with van der Waals surface area (Å²) in [5, 5.41) is 7.77. The maximum atomic E-state index is 5.52. The lowest BCUT2D eigenvalue weighted by Crippen LogP contribution is -2.20. The maximum absolute atomic E-state index is 5.52. The van der Waals surface area contributed by atoms with E-state index >= 15 is 0 Å². The molecule has 4 heteroatoms. The standard InChI is InChI=1S/C15H25N3O/c1-11-6-8-12(9-7-11)14-17-15(19-18-14)13-5-3-2-4-10-16-13/h11-13,16H,2-10H2,1H3. The Bertz CT molecular complexity index is 388. The smallest absolute Gasteiger partial charge is 0.243 e. The molecule has 0 spiro atoms. The Hall–Kier alpha value is -0.900. The van der Waals surface area contributed by atoms with Crippen LogP contribution in [0.15, 0.2) is 4.52 Å². The molecule has 1 aliphatic heterocycles. The zero-order valence-electron chi connectivity index (χ0n) is 11.9. The molecule has 2 aliphatic rings. The van der Waals surface area contributed by atoms with Gasteiger partial charge in [-0.15, -0.1) is 0 Å². The van der Waals surface area contributed by atoms with Gasteiger partial charge in [-0.25, -0.2) is 0 Å². The Morgan fingerprint density at radius 1 is 1.05 bits per heavy atom. The van der Waals surface area contributed by atoms with E-state index in [2.05, 4.69) is 22.4 Å². The van der Waals surface area contributed by atoms with Gasteiger partial charge >= 0.3 is 0 Å². The normalized spacial score (nSPS) is 33.0. The van der Waals surface area contributed by atoms with Gasteiger partial charge in [-0.05, 0) is 38.1 Å². The van der Waals surface area contributed by atoms with E-state index < -0.39 is 0 Å². The first-order valence-electron chi connectivity index (χ1n) is 7.90. The van der Waals surface area contributed by atoms with Crippen LogP contribution in [-0.4, -0.2) is 16.7 Å². The van der Waals surface area contributed by atoms with E-state index in [-0.39, 0.29) is 6.04 Å². The van der Waals surface area contributed by atoms with Crippen molar-refractivity contribution in [1.82, 2.24) is 15.5 Å². The molecule has 0 radical (unpaired) electrons. The van der Waals surface area contributed by atoms with Crippen molar-refractivity contribution >= 4 is 0 Å². The summed E-state index contributed by atoms with van der Waals surface area (Å²) in [6.45, 7) is 3.41. The van der Waals surface area contributed by atoms with E-state index in [4.69, 9.17) is 4.52 Å². The van der Waals surface area contributed by atoms with E-state index in [1.54, 1.807) is 0 Å². The van der Waals surface area contributed by atoms with Gasteiger partial charge in [0.25, 0.3) is 0 Å². The molecule has 106 valence electrons. The van der Waals surface area contributed by atoms with Crippen LogP contribution in [-0.2, 0) is 0 Å². The number of hydrogen-bond acceptors (Lipinski definition) is 4. The van der Waals surface area contributed by atoms with Crippen LogP contribution in [0.2, 0.25) is 0 Å². The molecule has 1 aromatic rings. The third kappa shape index (κ3) is 3.16. The Morgan fingerprint density at radius 2 is 1.89 bits per heavy atom. The summed E-state index contributed by atoms with van der Waals surface area (Å²) in [5.74, 6) is 3.16. The minimum atomic E-state index is 0.284. The summed E-state index contributed by atoms with van der Waals surface area (Å²) < 4.78 is 5.52. The molecule has 0 bridgehead atoms. The number of hydrogen-bond donors (Lipinski definition) is 1. The third-order valence-electron chi connectivity index (χ3n) is 4.70. The first kappa shape index (κ1) is 13.1. The SMILES string of the molecule is CC1CCC(c2noc(C3CCCCCN3)n2)CC1. The van der Waals surface area contributed by atoms with Crippen molar-refractivity contribution < 1.29 is 4.52 Å². The molecular weight excluding hydrogens is 238 g/mol. The first-order valence-corrected chi connectivity index (χ1v) is 7.90. The topological polar surface area (TPSA) is 51.0 Å².